The molecule has 0 spiro atoms. The summed E-state index contributed by atoms with van der Waals surface area (Å²) < 4.78 is 6.75. The largest absolute Gasteiger partial charge is 0.464 e. The number of aliphatic hydroxyl groups is 2. The van der Waals surface area contributed by atoms with Crippen molar-refractivity contribution in [2.24, 2.45) is 12.1 Å². The van der Waals surface area contributed by atoms with E-state index in [4.69, 9.17) is 4.74 Å². The fourth-order valence-corrected chi connectivity index (χ4v) is 2.67. The zero-order valence-corrected chi connectivity index (χ0v) is 16.4. The number of aromatic nitrogens is 1. The maximum Gasteiger partial charge on any atom is 0.359 e. The van der Waals surface area contributed by atoms with E-state index in [2.05, 4.69) is 5.10 Å². The molecule has 1 aromatic heterocycles. The molecule has 0 fully saturated rings. The van der Waals surface area contributed by atoms with Crippen LogP contribution in [0.25, 0.3) is 0 Å². The van der Waals surface area contributed by atoms with Gasteiger partial charge in [-0.15, -0.1) is 0 Å². The number of benzene rings is 1. The summed E-state index contributed by atoms with van der Waals surface area (Å²) >= 11 is 0. The number of methoxy groups -OCH3 is 1. The predicted octanol–water partition coefficient (Wildman–Crippen LogP) is 0.316. The first kappa shape index (κ1) is 21.3. The van der Waals surface area contributed by atoms with Crippen LogP contribution in [0.3, 0.4) is 0 Å². The van der Waals surface area contributed by atoms with Gasteiger partial charge in [0, 0.05) is 43.5 Å². The van der Waals surface area contributed by atoms with Crippen molar-refractivity contribution < 1.29 is 24.3 Å². The van der Waals surface area contributed by atoms with Crippen LogP contribution in [-0.4, -0.2) is 62.4 Å². The molecule has 0 radical (unpaired) electrons. The number of aryl methyl sites for hydroxylation is 1. The number of rotatable bonds is 9. The SMILES string of the molecule is COC(=O)/C(=N\N(C)c1ccc(N(CCO)CCO)cc1)c1cc[n+](C)cc1. The topological polar surface area (TPSA) is 89.5 Å². The Bertz CT molecular complexity index is 785. The van der Waals surface area contributed by atoms with Crippen molar-refractivity contribution in [3.8, 4) is 0 Å². The lowest BCUT2D eigenvalue weighted by Crippen LogP contribution is -2.29. The van der Waals surface area contributed by atoms with Crippen molar-refractivity contribution in [2.45, 2.75) is 0 Å². The predicted molar refractivity (Wildman–Crippen MR) is 107 cm³/mol. The van der Waals surface area contributed by atoms with Gasteiger partial charge in [0.1, 0.15) is 7.05 Å². The molecular formula is C20H27N4O4+. The van der Waals surface area contributed by atoms with Crippen LogP contribution in [-0.2, 0) is 16.6 Å². The summed E-state index contributed by atoms with van der Waals surface area (Å²) in [6.45, 7) is 0.879. The van der Waals surface area contributed by atoms with E-state index >= 15 is 0 Å². The second-order valence-corrected chi connectivity index (χ2v) is 6.17. The number of hydrogen-bond acceptors (Lipinski definition) is 7. The number of anilines is 2. The fraction of sp³-hybridized carbons (Fsp3) is 0.350. The van der Waals surface area contributed by atoms with Gasteiger partial charge in [0.25, 0.3) is 0 Å². The van der Waals surface area contributed by atoms with E-state index < -0.39 is 5.97 Å². The molecule has 2 N–H and O–H groups in total. The summed E-state index contributed by atoms with van der Waals surface area (Å²) in [5.74, 6) is -0.519. The third-order valence-corrected chi connectivity index (χ3v) is 4.21. The van der Waals surface area contributed by atoms with Gasteiger partial charge >= 0.3 is 5.97 Å². The number of carbonyl (C=O) groups is 1. The fourth-order valence-electron chi connectivity index (χ4n) is 2.67. The summed E-state index contributed by atoms with van der Waals surface area (Å²) in [7, 11) is 4.97. The Kier molecular flexibility index (Phi) is 7.91. The van der Waals surface area contributed by atoms with Crippen LogP contribution in [0.5, 0.6) is 0 Å². The molecular weight excluding hydrogens is 360 g/mol. The molecule has 0 aliphatic heterocycles. The standard InChI is InChI=1S/C20H27N4O4/c1-22-10-8-16(9-11-22)19(20(27)28-3)21-23(2)17-4-6-18(7-5-17)24(12-14-25)13-15-26/h4-11,25-26H,12-15H2,1-3H3/q+1. The average molecular weight is 387 g/mol. The van der Waals surface area contributed by atoms with Crippen molar-refractivity contribution in [2.75, 3.05) is 50.4 Å². The molecule has 2 rings (SSSR count). The Morgan fingerprint density at radius 3 is 2.07 bits per heavy atom. The van der Waals surface area contributed by atoms with E-state index in [0.29, 0.717) is 18.7 Å². The molecule has 2 aromatic rings. The quantitative estimate of drug-likeness (QED) is 0.279. The first-order valence-electron chi connectivity index (χ1n) is 8.93. The normalized spacial score (nSPS) is 11.2. The van der Waals surface area contributed by atoms with Crippen LogP contribution in [0.1, 0.15) is 5.56 Å². The first-order valence-corrected chi connectivity index (χ1v) is 8.93. The molecule has 0 saturated carbocycles. The molecule has 0 unspecified atom stereocenters. The second-order valence-electron chi connectivity index (χ2n) is 6.17. The molecule has 0 aliphatic carbocycles. The van der Waals surface area contributed by atoms with E-state index in [-0.39, 0.29) is 18.9 Å². The number of esters is 1. The van der Waals surface area contributed by atoms with Gasteiger partial charge in [-0.3, -0.25) is 5.01 Å². The summed E-state index contributed by atoms with van der Waals surface area (Å²) in [4.78, 5) is 14.1. The number of aliphatic hydroxyl groups excluding tert-OH is 2. The first-order chi connectivity index (χ1) is 13.5. The molecule has 8 nitrogen and oxygen atoms in total. The Labute approximate surface area is 164 Å². The van der Waals surface area contributed by atoms with Gasteiger partial charge in [0.2, 0.25) is 0 Å². The molecule has 0 amide bonds. The van der Waals surface area contributed by atoms with Gasteiger partial charge in [-0.2, -0.15) is 5.10 Å². The van der Waals surface area contributed by atoms with Gasteiger partial charge in [0.15, 0.2) is 18.1 Å². The van der Waals surface area contributed by atoms with E-state index in [1.165, 1.54) is 7.11 Å². The number of hydrazone groups is 1. The average Bonchev–Trinajstić information content (AvgIpc) is 2.72. The molecule has 1 heterocycles. The van der Waals surface area contributed by atoms with Gasteiger partial charge in [0.05, 0.1) is 26.0 Å². The van der Waals surface area contributed by atoms with E-state index in [1.54, 1.807) is 24.2 Å². The lowest BCUT2D eigenvalue weighted by Gasteiger charge is -2.23. The van der Waals surface area contributed by atoms with E-state index in [9.17, 15) is 15.0 Å². The third kappa shape index (κ3) is 5.51. The zero-order chi connectivity index (χ0) is 20.5. The van der Waals surface area contributed by atoms with E-state index in [1.807, 2.05) is 53.2 Å². The highest BCUT2D eigenvalue weighted by Gasteiger charge is 2.17. The van der Waals surface area contributed by atoms with Crippen LogP contribution >= 0.6 is 0 Å². The summed E-state index contributed by atoms with van der Waals surface area (Å²) in [6, 6.07) is 11.1. The minimum atomic E-state index is -0.519. The molecule has 0 saturated heterocycles. The van der Waals surface area contributed by atoms with Crippen molar-refractivity contribution >= 4 is 23.1 Å². The lowest BCUT2D eigenvalue weighted by molar-refractivity contribution is -0.671. The van der Waals surface area contributed by atoms with Gasteiger partial charge in [-0.05, 0) is 24.3 Å². The number of carbonyl (C=O) groups excluding carboxylic acids is 1. The van der Waals surface area contributed by atoms with Crippen molar-refractivity contribution in [1.29, 1.82) is 0 Å². The smallest absolute Gasteiger partial charge is 0.359 e. The minimum absolute atomic E-state index is 0.00325. The van der Waals surface area contributed by atoms with Crippen molar-refractivity contribution in [3.63, 3.8) is 0 Å². The number of ether oxygens (including phenoxy) is 1. The summed E-state index contributed by atoms with van der Waals surface area (Å²) in [5.41, 5.74) is 2.52. The van der Waals surface area contributed by atoms with Crippen molar-refractivity contribution in [1.82, 2.24) is 0 Å². The Balaban J connectivity index is 2.27. The Hall–Kier alpha value is -2.97. The van der Waals surface area contributed by atoms with Crippen LogP contribution in [0, 0.1) is 0 Å². The third-order valence-electron chi connectivity index (χ3n) is 4.21. The Morgan fingerprint density at radius 1 is 1.04 bits per heavy atom. The molecule has 1 aromatic carbocycles. The highest BCUT2D eigenvalue weighted by molar-refractivity contribution is 6.43. The minimum Gasteiger partial charge on any atom is -0.464 e. The summed E-state index contributed by atoms with van der Waals surface area (Å²) in [5, 5.41) is 24.4. The zero-order valence-electron chi connectivity index (χ0n) is 16.4. The van der Waals surface area contributed by atoms with Gasteiger partial charge < -0.3 is 19.8 Å². The number of hydrogen-bond donors (Lipinski definition) is 2. The number of pyridine rings is 1. The maximum atomic E-state index is 12.2. The molecule has 28 heavy (non-hydrogen) atoms. The van der Waals surface area contributed by atoms with Crippen LogP contribution in [0.4, 0.5) is 11.4 Å². The highest BCUT2D eigenvalue weighted by atomic mass is 16.5. The lowest BCUT2D eigenvalue weighted by atomic mass is 10.1. The molecule has 0 aliphatic rings. The second kappa shape index (κ2) is 10.4. The van der Waals surface area contributed by atoms with E-state index in [0.717, 1.165) is 11.4 Å². The Morgan fingerprint density at radius 2 is 1.57 bits per heavy atom. The maximum absolute atomic E-state index is 12.2. The molecule has 0 bridgehead atoms. The summed E-state index contributed by atoms with van der Waals surface area (Å²) in [6.07, 6.45) is 3.67. The van der Waals surface area contributed by atoms with Crippen molar-refractivity contribution in [3.05, 3.63) is 54.4 Å². The molecule has 0 atom stereocenters. The van der Waals surface area contributed by atoms with Crippen LogP contribution in [0.15, 0.2) is 53.9 Å². The number of nitrogens with zero attached hydrogens (tertiary/aromatic N) is 4. The monoisotopic (exact) mass is 387 g/mol. The van der Waals surface area contributed by atoms with Gasteiger partial charge in [-0.1, -0.05) is 0 Å². The molecule has 8 heteroatoms. The van der Waals surface area contributed by atoms with Crippen LogP contribution in [0.2, 0.25) is 0 Å². The molecule has 150 valence electrons. The highest BCUT2D eigenvalue weighted by Crippen LogP contribution is 2.20. The van der Waals surface area contributed by atoms with Gasteiger partial charge in [-0.25, -0.2) is 9.36 Å². The van der Waals surface area contributed by atoms with Crippen LogP contribution < -0.4 is 14.5 Å².